The lowest BCUT2D eigenvalue weighted by Crippen LogP contribution is -2.10. The van der Waals surface area contributed by atoms with Crippen LogP contribution in [0, 0.1) is 0 Å². The highest BCUT2D eigenvalue weighted by Gasteiger charge is 2.21. The van der Waals surface area contributed by atoms with E-state index in [-0.39, 0.29) is 0 Å². The van der Waals surface area contributed by atoms with Crippen LogP contribution in [-0.4, -0.2) is 4.57 Å². The zero-order chi connectivity index (χ0) is 47.8. The zero-order valence-corrected chi connectivity index (χ0v) is 39.6. The first-order chi connectivity index (χ1) is 35.7. The van der Waals surface area contributed by atoms with Crippen molar-refractivity contribution in [2.24, 2.45) is 0 Å². The van der Waals surface area contributed by atoms with Crippen LogP contribution in [0.4, 0.5) is 17.1 Å². The Balaban J connectivity index is 0.911. The molecule has 0 saturated carbocycles. The van der Waals surface area contributed by atoms with E-state index in [1.54, 1.807) is 0 Å². The Morgan fingerprint density at radius 1 is 0.250 bits per heavy atom. The molecule has 1 heterocycles. The van der Waals surface area contributed by atoms with Crippen LogP contribution in [0.15, 0.2) is 291 Å². The van der Waals surface area contributed by atoms with E-state index in [9.17, 15) is 0 Å². The molecule has 0 atom stereocenters. The van der Waals surface area contributed by atoms with Crippen LogP contribution in [0.2, 0.25) is 0 Å². The van der Waals surface area contributed by atoms with Gasteiger partial charge in [0, 0.05) is 39.1 Å². The first-order valence-electron chi connectivity index (χ1n) is 24.7. The molecule has 0 bridgehead atoms. The molecular formula is C70H48N2. The van der Waals surface area contributed by atoms with Gasteiger partial charge in [-0.15, -0.1) is 0 Å². The molecule has 0 aliphatic heterocycles. The molecule has 0 N–H and O–H groups in total. The summed E-state index contributed by atoms with van der Waals surface area (Å²) in [7, 11) is 0. The topological polar surface area (TPSA) is 8.17 Å². The van der Waals surface area contributed by atoms with E-state index in [1.165, 1.54) is 93.8 Å². The maximum Gasteiger partial charge on any atom is 0.0619 e. The highest BCUT2D eigenvalue weighted by Crippen LogP contribution is 2.44. The predicted octanol–water partition coefficient (Wildman–Crippen LogP) is 19.4. The van der Waals surface area contributed by atoms with Crippen molar-refractivity contribution in [1.29, 1.82) is 0 Å². The summed E-state index contributed by atoms with van der Waals surface area (Å²) >= 11 is 0. The number of rotatable bonds is 10. The van der Waals surface area contributed by atoms with E-state index >= 15 is 0 Å². The van der Waals surface area contributed by atoms with Gasteiger partial charge in [-0.1, -0.05) is 237 Å². The lowest BCUT2D eigenvalue weighted by atomic mass is 9.96. The Kier molecular flexibility index (Phi) is 10.9. The summed E-state index contributed by atoms with van der Waals surface area (Å²) in [5.74, 6) is 0. The average molecular weight is 917 g/mol. The largest absolute Gasteiger partial charge is 0.310 e. The molecule has 0 fully saturated rings. The normalized spacial score (nSPS) is 11.3. The summed E-state index contributed by atoms with van der Waals surface area (Å²) in [6.45, 7) is 0. The van der Waals surface area contributed by atoms with Crippen molar-refractivity contribution in [1.82, 2.24) is 4.57 Å². The number of anilines is 3. The molecule has 13 rings (SSSR count). The Morgan fingerprint density at radius 3 is 1.31 bits per heavy atom. The van der Waals surface area contributed by atoms with Crippen molar-refractivity contribution in [3.05, 3.63) is 291 Å². The number of aromatic nitrogens is 1. The van der Waals surface area contributed by atoms with Crippen LogP contribution in [0.5, 0.6) is 0 Å². The minimum atomic E-state index is 1.08. The molecule has 0 aliphatic carbocycles. The van der Waals surface area contributed by atoms with Gasteiger partial charge in [-0.25, -0.2) is 0 Å². The molecule has 2 nitrogen and oxygen atoms in total. The lowest BCUT2D eigenvalue weighted by Gasteiger charge is -2.26. The minimum absolute atomic E-state index is 1.08. The van der Waals surface area contributed by atoms with Gasteiger partial charge < -0.3 is 9.47 Å². The van der Waals surface area contributed by atoms with Gasteiger partial charge in [0.1, 0.15) is 0 Å². The molecular weight excluding hydrogens is 869 g/mol. The number of nitrogens with zero attached hydrogens (tertiary/aromatic N) is 2. The van der Waals surface area contributed by atoms with Crippen LogP contribution in [-0.2, 0) is 0 Å². The fourth-order valence-electron chi connectivity index (χ4n) is 10.7. The molecule has 72 heavy (non-hydrogen) atoms. The second-order valence-corrected chi connectivity index (χ2v) is 18.5. The smallest absolute Gasteiger partial charge is 0.0619 e. The van der Waals surface area contributed by atoms with Crippen LogP contribution in [0.1, 0.15) is 0 Å². The van der Waals surface area contributed by atoms with Crippen molar-refractivity contribution in [3.63, 3.8) is 0 Å². The molecule has 0 radical (unpaired) electrons. The van der Waals surface area contributed by atoms with E-state index in [1.807, 2.05) is 0 Å². The third-order valence-electron chi connectivity index (χ3n) is 14.2. The van der Waals surface area contributed by atoms with Crippen molar-refractivity contribution in [2.75, 3.05) is 4.90 Å². The average Bonchev–Trinajstić information content (AvgIpc) is 3.81. The van der Waals surface area contributed by atoms with Gasteiger partial charge in [0.25, 0.3) is 0 Å². The molecule has 2 heteroatoms. The first kappa shape index (κ1) is 42.6. The number of hydrogen-bond acceptors (Lipinski definition) is 1. The number of fused-ring (bicyclic) bond motifs is 4. The van der Waals surface area contributed by atoms with Crippen molar-refractivity contribution >= 4 is 49.6 Å². The summed E-state index contributed by atoms with van der Waals surface area (Å²) in [5, 5.41) is 4.97. The Morgan fingerprint density at radius 2 is 0.667 bits per heavy atom. The molecule has 338 valence electrons. The molecule has 1 aromatic heterocycles. The van der Waals surface area contributed by atoms with Gasteiger partial charge in [-0.2, -0.15) is 0 Å². The van der Waals surface area contributed by atoms with Gasteiger partial charge in [-0.05, 0) is 127 Å². The Bertz CT molecular complexity index is 4020. The highest BCUT2D eigenvalue weighted by atomic mass is 15.1. The van der Waals surface area contributed by atoms with Crippen LogP contribution in [0.3, 0.4) is 0 Å². The zero-order valence-electron chi connectivity index (χ0n) is 39.6. The second kappa shape index (κ2) is 18.4. The van der Waals surface area contributed by atoms with Gasteiger partial charge in [-0.3, -0.25) is 0 Å². The second-order valence-electron chi connectivity index (χ2n) is 18.5. The number of hydrogen-bond donors (Lipinski definition) is 0. The first-order valence-corrected chi connectivity index (χ1v) is 24.7. The standard InChI is InChI=1S/C70H48N2/c1-4-16-49(17-5-1)50-32-34-51(35-33-50)53-40-44-60(45-41-53)71(61-46-42-54(43-47-61)52-36-38-57(39-37-52)64-27-13-21-55-20-10-11-26-63(55)64)62-25-12-22-58(48-62)65-28-15-31-68-69(65)67-30-14-29-66(56-18-6-2-7-19-56)70(67)72(68)59-23-8-3-9-24-59/h1-48H. The highest BCUT2D eigenvalue weighted by molar-refractivity contribution is 6.19. The van der Waals surface area contributed by atoms with Gasteiger partial charge in [0.2, 0.25) is 0 Å². The molecule has 0 aliphatic rings. The number of benzene rings is 12. The lowest BCUT2D eigenvalue weighted by molar-refractivity contribution is 1.18. The summed E-state index contributed by atoms with van der Waals surface area (Å²) in [4.78, 5) is 2.39. The molecule has 13 aromatic rings. The summed E-state index contributed by atoms with van der Waals surface area (Å²) in [6.07, 6.45) is 0. The summed E-state index contributed by atoms with van der Waals surface area (Å²) < 4.78 is 2.45. The van der Waals surface area contributed by atoms with Crippen molar-refractivity contribution in [3.8, 4) is 72.4 Å². The van der Waals surface area contributed by atoms with Gasteiger partial charge in [0.15, 0.2) is 0 Å². The third-order valence-corrected chi connectivity index (χ3v) is 14.2. The van der Waals surface area contributed by atoms with E-state index in [0.717, 1.165) is 28.3 Å². The van der Waals surface area contributed by atoms with E-state index in [2.05, 4.69) is 301 Å². The van der Waals surface area contributed by atoms with Crippen molar-refractivity contribution < 1.29 is 0 Å². The fraction of sp³-hybridized carbons (Fsp3) is 0. The third kappa shape index (κ3) is 7.82. The maximum atomic E-state index is 2.45. The van der Waals surface area contributed by atoms with E-state index < -0.39 is 0 Å². The SMILES string of the molecule is c1ccc(-c2ccc(-c3ccc(N(c4ccc(-c5ccc(-c6cccc7ccccc67)cc5)cc4)c4cccc(-c5cccc6c5c5cccc(-c7ccccc7)c5n6-c5ccccc5)c4)cc3)cc2)cc1. The molecule has 0 saturated heterocycles. The fourth-order valence-corrected chi connectivity index (χ4v) is 10.7. The molecule has 0 unspecified atom stereocenters. The molecule has 12 aromatic carbocycles. The molecule has 0 amide bonds. The van der Waals surface area contributed by atoms with E-state index in [0.29, 0.717) is 0 Å². The predicted molar refractivity (Wildman–Crippen MR) is 306 cm³/mol. The summed E-state index contributed by atoms with van der Waals surface area (Å²) in [5.41, 5.74) is 21.1. The Hall–Kier alpha value is -9.50. The Labute approximate surface area is 420 Å². The number of para-hydroxylation sites is 2. The monoisotopic (exact) mass is 916 g/mol. The van der Waals surface area contributed by atoms with E-state index in [4.69, 9.17) is 0 Å². The van der Waals surface area contributed by atoms with Gasteiger partial charge in [0.05, 0.1) is 11.0 Å². The quantitative estimate of drug-likeness (QED) is 0.133. The van der Waals surface area contributed by atoms with Crippen LogP contribution < -0.4 is 4.90 Å². The maximum absolute atomic E-state index is 2.45. The summed E-state index contributed by atoms with van der Waals surface area (Å²) in [6, 6.07) is 106. The minimum Gasteiger partial charge on any atom is -0.310 e. The van der Waals surface area contributed by atoms with Crippen LogP contribution >= 0.6 is 0 Å². The van der Waals surface area contributed by atoms with Crippen molar-refractivity contribution in [2.45, 2.75) is 0 Å². The van der Waals surface area contributed by atoms with Crippen LogP contribution in [0.25, 0.3) is 105 Å². The van der Waals surface area contributed by atoms with Gasteiger partial charge >= 0.3 is 0 Å². The molecule has 0 spiro atoms.